The van der Waals surface area contributed by atoms with Crippen molar-refractivity contribution in [2.24, 2.45) is 0 Å². The normalized spacial score (nSPS) is 12.0. The Labute approximate surface area is 134 Å². The van der Waals surface area contributed by atoms with Gasteiger partial charge in [0.1, 0.15) is 0 Å². The van der Waals surface area contributed by atoms with Crippen LogP contribution in [0.3, 0.4) is 0 Å². The summed E-state index contributed by atoms with van der Waals surface area (Å²) in [6.07, 6.45) is 20.7. The summed E-state index contributed by atoms with van der Waals surface area (Å²) < 4.78 is 0. The third-order valence-electron chi connectivity index (χ3n) is 4.64. The van der Waals surface area contributed by atoms with Gasteiger partial charge in [-0.2, -0.15) is 0 Å². The number of rotatable bonds is 16. The first kappa shape index (κ1) is 21.0. The fourth-order valence-electron chi connectivity index (χ4n) is 3.05. The van der Waals surface area contributed by atoms with Gasteiger partial charge in [0.05, 0.1) is 5.60 Å². The number of hydrogen-bond acceptors (Lipinski definition) is 1. The molecular weight excluding hydrogens is 256 g/mol. The molecule has 0 rings (SSSR count). The van der Waals surface area contributed by atoms with Crippen molar-refractivity contribution in [2.75, 3.05) is 0 Å². The van der Waals surface area contributed by atoms with Crippen LogP contribution in [-0.4, -0.2) is 10.7 Å². The Hall–Kier alpha value is -0.0400. The molecule has 0 fully saturated rings. The van der Waals surface area contributed by atoms with Crippen LogP contribution in [0.1, 0.15) is 124 Å². The zero-order valence-corrected chi connectivity index (χ0v) is 15.3. The van der Waals surface area contributed by atoms with E-state index in [2.05, 4.69) is 13.8 Å². The van der Waals surface area contributed by atoms with Crippen molar-refractivity contribution < 1.29 is 5.11 Å². The van der Waals surface area contributed by atoms with Gasteiger partial charge in [-0.1, -0.05) is 104 Å². The van der Waals surface area contributed by atoms with E-state index in [1.807, 2.05) is 6.92 Å². The molecule has 0 saturated heterocycles. The molecule has 0 radical (unpaired) electrons. The van der Waals surface area contributed by atoms with Gasteiger partial charge in [0.2, 0.25) is 0 Å². The van der Waals surface area contributed by atoms with Crippen molar-refractivity contribution in [1.29, 1.82) is 0 Å². The summed E-state index contributed by atoms with van der Waals surface area (Å²) in [6.45, 7) is 6.57. The second-order valence-corrected chi connectivity index (χ2v) is 7.24. The minimum atomic E-state index is -0.410. The molecule has 0 heterocycles. The summed E-state index contributed by atoms with van der Waals surface area (Å²) in [5, 5.41) is 10.4. The first-order chi connectivity index (χ1) is 10.1. The van der Waals surface area contributed by atoms with E-state index in [0.29, 0.717) is 0 Å². The molecule has 1 nitrogen and oxygen atoms in total. The van der Waals surface area contributed by atoms with E-state index in [1.54, 1.807) is 0 Å². The van der Waals surface area contributed by atoms with Gasteiger partial charge in [-0.25, -0.2) is 0 Å². The maximum absolute atomic E-state index is 10.4. The smallest absolute Gasteiger partial charge is 0.0619 e. The van der Waals surface area contributed by atoms with Crippen LogP contribution in [0, 0.1) is 0 Å². The fourth-order valence-corrected chi connectivity index (χ4v) is 3.05. The third kappa shape index (κ3) is 16.2. The molecule has 0 aromatic carbocycles. The Balaban J connectivity index is 3.35. The predicted molar refractivity (Wildman–Crippen MR) is 95.8 cm³/mol. The van der Waals surface area contributed by atoms with E-state index < -0.39 is 5.60 Å². The van der Waals surface area contributed by atoms with Gasteiger partial charge in [-0.15, -0.1) is 0 Å². The highest BCUT2D eigenvalue weighted by Gasteiger charge is 2.18. The molecule has 0 aliphatic rings. The number of aliphatic hydroxyl groups is 1. The predicted octanol–water partition coefficient (Wildman–Crippen LogP) is 7.02. The summed E-state index contributed by atoms with van der Waals surface area (Å²) in [4.78, 5) is 0. The van der Waals surface area contributed by atoms with Crippen LogP contribution < -0.4 is 0 Å². The van der Waals surface area contributed by atoms with Gasteiger partial charge in [-0.05, 0) is 19.8 Å². The Kier molecular flexibility index (Phi) is 14.9. The van der Waals surface area contributed by atoms with Gasteiger partial charge in [0.25, 0.3) is 0 Å². The molecule has 0 aliphatic heterocycles. The van der Waals surface area contributed by atoms with Crippen molar-refractivity contribution >= 4 is 0 Å². The summed E-state index contributed by atoms with van der Waals surface area (Å²) in [7, 11) is 0. The monoisotopic (exact) mass is 298 g/mol. The minimum Gasteiger partial charge on any atom is -0.390 e. The Morgan fingerprint density at radius 1 is 0.524 bits per heavy atom. The third-order valence-corrected chi connectivity index (χ3v) is 4.64. The molecule has 0 saturated carbocycles. The molecule has 0 unspecified atom stereocenters. The summed E-state index contributed by atoms with van der Waals surface area (Å²) in [5.41, 5.74) is -0.410. The Morgan fingerprint density at radius 3 is 1.14 bits per heavy atom. The lowest BCUT2D eigenvalue weighted by atomic mass is 9.91. The highest BCUT2D eigenvalue weighted by atomic mass is 16.3. The lowest BCUT2D eigenvalue weighted by Crippen LogP contribution is -2.23. The molecule has 0 spiro atoms. The molecule has 0 bridgehead atoms. The molecule has 0 atom stereocenters. The van der Waals surface area contributed by atoms with E-state index >= 15 is 0 Å². The average Bonchev–Trinajstić information content (AvgIpc) is 2.45. The lowest BCUT2D eigenvalue weighted by Gasteiger charge is -2.23. The average molecular weight is 299 g/mol. The first-order valence-corrected chi connectivity index (χ1v) is 9.84. The van der Waals surface area contributed by atoms with Gasteiger partial charge in [0, 0.05) is 0 Å². The minimum absolute atomic E-state index is 0.410. The second-order valence-electron chi connectivity index (χ2n) is 7.24. The van der Waals surface area contributed by atoms with Crippen molar-refractivity contribution in [3.05, 3.63) is 0 Å². The van der Waals surface area contributed by atoms with E-state index in [-0.39, 0.29) is 0 Å². The molecule has 0 aliphatic carbocycles. The van der Waals surface area contributed by atoms with Crippen molar-refractivity contribution in [3.63, 3.8) is 0 Å². The molecule has 0 aromatic rings. The van der Waals surface area contributed by atoms with E-state index in [0.717, 1.165) is 12.8 Å². The number of unbranched alkanes of at least 4 members (excludes halogenated alkanes) is 12. The fraction of sp³-hybridized carbons (Fsp3) is 1.00. The maximum Gasteiger partial charge on any atom is 0.0619 e. The number of hydrogen-bond donors (Lipinski definition) is 1. The first-order valence-electron chi connectivity index (χ1n) is 9.84. The zero-order chi connectivity index (χ0) is 15.8. The van der Waals surface area contributed by atoms with E-state index in [1.165, 1.54) is 89.9 Å². The van der Waals surface area contributed by atoms with E-state index in [4.69, 9.17) is 0 Å². The molecule has 0 aromatic heterocycles. The lowest BCUT2D eigenvalue weighted by molar-refractivity contribution is 0.0366. The van der Waals surface area contributed by atoms with Gasteiger partial charge in [-0.3, -0.25) is 0 Å². The van der Waals surface area contributed by atoms with E-state index in [9.17, 15) is 5.11 Å². The largest absolute Gasteiger partial charge is 0.390 e. The quantitative estimate of drug-likeness (QED) is 0.304. The second kappa shape index (κ2) is 14.9. The Morgan fingerprint density at radius 2 is 0.810 bits per heavy atom. The molecular formula is C20H42O. The van der Waals surface area contributed by atoms with Gasteiger partial charge >= 0.3 is 0 Å². The standard InChI is InChI=1S/C20H42O/c1-4-6-8-10-12-14-16-18-20(3,21)19-17-15-13-11-9-7-5-2/h21H,4-19H2,1-3H3. The summed E-state index contributed by atoms with van der Waals surface area (Å²) in [5.74, 6) is 0. The van der Waals surface area contributed by atoms with Crippen molar-refractivity contribution in [2.45, 2.75) is 129 Å². The summed E-state index contributed by atoms with van der Waals surface area (Å²) >= 11 is 0. The summed E-state index contributed by atoms with van der Waals surface area (Å²) in [6, 6.07) is 0. The molecule has 21 heavy (non-hydrogen) atoms. The SMILES string of the molecule is CCCCCCCCCC(C)(O)CCCCCCCCC. The van der Waals surface area contributed by atoms with Crippen LogP contribution in [0.25, 0.3) is 0 Å². The highest BCUT2D eigenvalue weighted by molar-refractivity contribution is 4.72. The van der Waals surface area contributed by atoms with Crippen LogP contribution in [-0.2, 0) is 0 Å². The zero-order valence-electron chi connectivity index (χ0n) is 15.3. The van der Waals surface area contributed by atoms with Crippen LogP contribution >= 0.6 is 0 Å². The molecule has 1 N–H and O–H groups in total. The molecule has 1 heteroatoms. The van der Waals surface area contributed by atoms with Gasteiger partial charge in [0.15, 0.2) is 0 Å². The van der Waals surface area contributed by atoms with Gasteiger partial charge < -0.3 is 5.11 Å². The Bertz CT molecular complexity index is 178. The van der Waals surface area contributed by atoms with Crippen LogP contribution in [0.5, 0.6) is 0 Å². The van der Waals surface area contributed by atoms with Crippen molar-refractivity contribution in [3.8, 4) is 0 Å². The topological polar surface area (TPSA) is 20.2 Å². The van der Waals surface area contributed by atoms with Crippen LogP contribution in [0.15, 0.2) is 0 Å². The van der Waals surface area contributed by atoms with Crippen LogP contribution in [0.2, 0.25) is 0 Å². The van der Waals surface area contributed by atoms with Crippen molar-refractivity contribution in [1.82, 2.24) is 0 Å². The molecule has 128 valence electrons. The van der Waals surface area contributed by atoms with Crippen LogP contribution in [0.4, 0.5) is 0 Å². The maximum atomic E-state index is 10.4. The molecule has 0 amide bonds. The highest BCUT2D eigenvalue weighted by Crippen LogP contribution is 2.22.